The minimum absolute atomic E-state index is 0.0994. The average molecular weight is 390 g/mol. The first-order chi connectivity index (χ1) is 13.3. The van der Waals surface area contributed by atoms with Crippen LogP contribution in [-0.2, 0) is 19.1 Å². The molecule has 0 aromatic heterocycles. The fourth-order valence-electron chi connectivity index (χ4n) is 2.63. The minimum Gasteiger partial charge on any atom is -0.468 e. The van der Waals surface area contributed by atoms with E-state index in [0.29, 0.717) is 0 Å². The third-order valence-electron chi connectivity index (χ3n) is 4.07. The number of rotatable bonds is 7. The standard InChI is InChI=1S/C20H16F2O6/c1-27-19(25)15(17(23)11-3-7-13(21)8-4-11)16(20(26)28-2)18(24)12-5-9-14(22)10-6-12/h3-10,15-16H,1-2H3. The highest BCUT2D eigenvalue weighted by atomic mass is 19.1. The van der Waals surface area contributed by atoms with Crippen molar-refractivity contribution in [2.24, 2.45) is 11.8 Å². The first kappa shape index (κ1) is 20.9. The Hall–Kier alpha value is -3.42. The van der Waals surface area contributed by atoms with E-state index in [1.165, 1.54) is 0 Å². The summed E-state index contributed by atoms with van der Waals surface area (Å²) in [5.41, 5.74) is -0.199. The summed E-state index contributed by atoms with van der Waals surface area (Å²) in [6.07, 6.45) is 0. The smallest absolute Gasteiger partial charge is 0.317 e. The van der Waals surface area contributed by atoms with Crippen molar-refractivity contribution < 1.29 is 37.4 Å². The lowest BCUT2D eigenvalue weighted by Gasteiger charge is -2.21. The number of ether oxygens (including phenoxy) is 2. The first-order valence-electron chi connectivity index (χ1n) is 8.05. The zero-order chi connectivity index (χ0) is 20.8. The fraction of sp³-hybridized carbons (Fsp3) is 0.200. The molecule has 0 N–H and O–H groups in total. The Morgan fingerprint density at radius 3 is 1.18 bits per heavy atom. The van der Waals surface area contributed by atoms with Crippen molar-refractivity contribution in [3.8, 4) is 0 Å². The zero-order valence-corrected chi connectivity index (χ0v) is 15.0. The highest BCUT2D eigenvalue weighted by Gasteiger charge is 2.46. The molecule has 0 saturated heterocycles. The fourth-order valence-corrected chi connectivity index (χ4v) is 2.63. The molecule has 2 atom stereocenters. The van der Waals surface area contributed by atoms with Gasteiger partial charge in [0.25, 0.3) is 0 Å². The molecule has 0 saturated carbocycles. The van der Waals surface area contributed by atoms with E-state index in [2.05, 4.69) is 9.47 Å². The molecule has 0 spiro atoms. The van der Waals surface area contributed by atoms with Crippen LogP contribution in [-0.4, -0.2) is 37.7 Å². The van der Waals surface area contributed by atoms with E-state index in [-0.39, 0.29) is 11.1 Å². The van der Waals surface area contributed by atoms with Crippen LogP contribution in [0.5, 0.6) is 0 Å². The molecule has 28 heavy (non-hydrogen) atoms. The summed E-state index contributed by atoms with van der Waals surface area (Å²) in [6.45, 7) is 0. The number of Topliss-reactive ketones (excluding diaryl/α,β-unsaturated/α-hetero) is 2. The van der Waals surface area contributed by atoms with E-state index in [1.54, 1.807) is 0 Å². The van der Waals surface area contributed by atoms with Gasteiger partial charge in [-0.3, -0.25) is 19.2 Å². The predicted molar refractivity (Wildman–Crippen MR) is 92.5 cm³/mol. The molecule has 0 heterocycles. The summed E-state index contributed by atoms with van der Waals surface area (Å²) in [4.78, 5) is 50.3. The maximum atomic E-state index is 13.1. The third kappa shape index (κ3) is 4.46. The Labute approximate surface area is 159 Å². The number of hydrogen-bond donors (Lipinski definition) is 0. The van der Waals surface area contributed by atoms with Crippen molar-refractivity contribution in [1.82, 2.24) is 0 Å². The van der Waals surface area contributed by atoms with E-state index in [9.17, 15) is 28.0 Å². The van der Waals surface area contributed by atoms with Crippen LogP contribution in [0.3, 0.4) is 0 Å². The van der Waals surface area contributed by atoms with E-state index in [4.69, 9.17) is 0 Å². The summed E-state index contributed by atoms with van der Waals surface area (Å²) < 4.78 is 35.5. The Balaban J connectivity index is 2.53. The van der Waals surface area contributed by atoms with Crippen molar-refractivity contribution in [3.63, 3.8) is 0 Å². The summed E-state index contributed by atoms with van der Waals surface area (Å²) in [5.74, 6) is -9.06. The van der Waals surface area contributed by atoms with Gasteiger partial charge in [0.2, 0.25) is 0 Å². The first-order valence-corrected chi connectivity index (χ1v) is 8.05. The van der Waals surface area contributed by atoms with Crippen LogP contribution < -0.4 is 0 Å². The minimum atomic E-state index is -1.86. The number of benzene rings is 2. The molecule has 0 aliphatic heterocycles. The Morgan fingerprint density at radius 1 is 0.643 bits per heavy atom. The van der Waals surface area contributed by atoms with Crippen molar-refractivity contribution in [2.75, 3.05) is 14.2 Å². The molecule has 0 fully saturated rings. The third-order valence-corrected chi connectivity index (χ3v) is 4.07. The SMILES string of the molecule is COC(=O)C(C(=O)c1ccc(F)cc1)C(C(=O)OC)C(=O)c1ccc(F)cc1. The lowest BCUT2D eigenvalue weighted by molar-refractivity contribution is -0.153. The average Bonchev–Trinajstić information content (AvgIpc) is 2.71. The van der Waals surface area contributed by atoms with Crippen LogP contribution in [0.25, 0.3) is 0 Å². The van der Waals surface area contributed by atoms with Gasteiger partial charge in [0.05, 0.1) is 14.2 Å². The van der Waals surface area contributed by atoms with E-state index in [1.807, 2.05) is 0 Å². The highest BCUT2D eigenvalue weighted by molar-refractivity contribution is 6.19. The maximum absolute atomic E-state index is 13.1. The second kappa shape index (κ2) is 8.98. The molecule has 2 aromatic carbocycles. The normalized spacial score (nSPS) is 12.6. The summed E-state index contributed by atoms with van der Waals surface area (Å²) >= 11 is 0. The molecule has 0 radical (unpaired) electrons. The molecule has 6 nitrogen and oxygen atoms in total. The number of methoxy groups -OCH3 is 2. The monoisotopic (exact) mass is 390 g/mol. The molecular weight excluding hydrogens is 374 g/mol. The van der Waals surface area contributed by atoms with Gasteiger partial charge >= 0.3 is 11.9 Å². The van der Waals surface area contributed by atoms with Crippen LogP contribution >= 0.6 is 0 Å². The Kier molecular flexibility index (Phi) is 6.70. The molecule has 0 bridgehead atoms. The number of carbonyl (C=O) groups excluding carboxylic acids is 4. The van der Waals surface area contributed by atoms with Gasteiger partial charge < -0.3 is 9.47 Å². The maximum Gasteiger partial charge on any atom is 0.317 e. The topological polar surface area (TPSA) is 86.7 Å². The van der Waals surface area contributed by atoms with E-state index < -0.39 is 47.0 Å². The summed E-state index contributed by atoms with van der Waals surface area (Å²) in [6, 6.07) is 8.45. The second-order valence-corrected chi connectivity index (χ2v) is 5.74. The number of ketones is 2. The molecule has 146 valence electrons. The largest absolute Gasteiger partial charge is 0.468 e. The van der Waals surface area contributed by atoms with Gasteiger partial charge in [-0.1, -0.05) is 0 Å². The molecule has 0 aliphatic rings. The van der Waals surface area contributed by atoms with Gasteiger partial charge in [0.1, 0.15) is 23.5 Å². The number of carbonyl (C=O) groups is 4. The summed E-state index contributed by atoms with van der Waals surface area (Å²) in [5, 5.41) is 0. The van der Waals surface area contributed by atoms with Crippen LogP contribution in [0.4, 0.5) is 8.78 Å². The molecule has 0 aliphatic carbocycles. The predicted octanol–water partition coefficient (Wildman–Crippen LogP) is 2.61. The molecule has 0 amide bonds. The van der Waals surface area contributed by atoms with Crippen molar-refractivity contribution >= 4 is 23.5 Å². The van der Waals surface area contributed by atoms with Crippen LogP contribution in [0.15, 0.2) is 48.5 Å². The van der Waals surface area contributed by atoms with Crippen LogP contribution in [0.2, 0.25) is 0 Å². The zero-order valence-electron chi connectivity index (χ0n) is 15.0. The van der Waals surface area contributed by atoms with E-state index in [0.717, 1.165) is 62.8 Å². The lowest BCUT2D eigenvalue weighted by Crippen LogP contribution is -2.42. The molecule has 2 unspecified atom stereocenters. The molecule has 2 rings (SSSR count). The number of hydrogen-bond acceptors (Lipinski definition) is 6. The van der Waals surface area contributed by atoms with Gasteiger partial charge in [0.15, 0.2) is 11.6 Å². The van der Waals surface area contributed by atoms with Gasteiger partial charge in [-0.25, -0.2) is 8.78 Å². The van der Waals surface area contributed by atoms with Crippen LogP contribution in [0, 0.1) is 23.5 Å². The van der Waals surface area contributed by atoms with Gasteiger partial charge in [-0.2, -0.15) is 0 Å². The second-order valence-electron chi connectivity index (χ2n) is 5.74. The van der Waals surface area contributed by atoms with Gasteiger partial charge in [-0.05, 0) is 48.5 Å². The van der Waals surface area contributed by atoms with Crippen molar-refractivity contribution in [2.45, 2.75) is 0 Å². The number of halogens is 2. The lowest BCUT2D eigenvalue weighted by atomic mass is 9.81. The van der Waals surface area contributed by atoms with Crippen molar-refractivity contribution in [3.05, 3.63) is 71.3 Å². The quantitative estimate of drug-likeness (QED) is 0.410. The molecule has 8 heteroatoms. The molecular formula is C20H16F2O6. The Morgan fingerprint density at radius 2 is 0.929 bits per heavy atom. The van der Waals surface area contributed by atoms with Crippen LogP contribution in [0.1, 0.15) is 20.7 Å². The summed E-state index contributed by atoms with van der Waals surface area (Å²) in [7, 11) is 1.98. The van der Waals surface area contributed by atoms with E-state index >= 15 is 0 Å². The number of esters is 2. The Bertz CT molecular complexity index is 814. The highest BCUT2D eigenvalue weighted by Crippen LogP contribution is 2.25. The van der Waals surface area contributed by atoms with Gasteiger partial charge in [-0.15, -0.1) is 0 Å². The van der Waals surface area contributed by atoms with Gasteiger partial charge in [0, 0.05) is 11.1 Å². The van der Waals surface area contributed by atoms with Crippen molar-refractivity contribution in [1.29, 1.82) is 0 Å². The molecule has 2 aromatic rings.